The highest BCUT2D eigenvalue weighted by atomic mass is 35.5. The quantitative estimate of drug-likeness (QED) is 0.289. The first-order chi connectivity index (χ1) is 16.5. The second-order valence-electron chi connectivity index (χ2n) is 7.71. The number of aryl methyl sites for hydroxylation is 1. The first-order valence-corrected chi connectivity index (χ1v) is 12.2. The van der Waals surface area contributed by atoms with Crippen LogP contribution in [0.5, 0.6) is 5.75 Å². The fourth-order valence-electron chi connectivity index (χ4n) is 3.78. The summed E-state index contributed by atoms with van der Waals surface area (Å²) in [5, 5.41) is 23.6. The molecule has 2 aromatic carbocycles. The number of carbonyl (C=O) groups is 1. The number of fused-ring (bicyclic) bond motifs is 1. The van der Waals surface area contributed by atoms with E-state index in [0.29, 0.717) is 31.9 Å². The smallest absolute Gasteiger partial charge is 0.266 e. The number of halogens is 2. The van der Waals surface area contributed by atoms with Gasteiger partial charge < -0.3 is 10.1 Å². The van der Waals surface area contributed by atoms with Crippen LogP contribution >= 0.6 is 34.5 Å². The molecule has 3 aromatic rings. The highest BCUT2D eigenvalue weighted by molar-refractivity contribution is 7.16. The molecule has 0 fully saturated rings. The number of hydrogen-bond acceptors (Lipinski definition) is 5. The van der Waals surface area contributed by atoms with Gasteiger partial charge >= 0.3 is 0 Å². The van der Waals surface area contributed by atoms with E-state index in [2.05, 4.69) is 11.4 Å². The number of ether oxygens (including phenoxy) is 1. The lowest BCUT2D eigenvalue weighted by Crippen LogP contribution is -2.13. The summed E-state index contributed by atoms with van der Waals surface area (Å²) >= 11 is 13.8. The standard InChI is InChI=1S/C26H19Cl2N3O2S/c27-19-9-10-23(33-15-16-5-1-3-7-22(16)28)17(12-19)11-18(13-29)25(32)31-26-21(14-30)20-6-2-4-8-24(20)34-26/h1,3,5,7,9-12H,2,4,6,8,15H2,(H,31,32)/b18-11+. The number of benzene rings is 2. The van der Waals surface area contributed by atoms with Gasteiger partial charge in [-0.15, -0.1) is 11.3 Å². The second-order valence-corrected chi connectivity index (χ2v) is 9.66. The normalized spacial score (nSPS) is 12.9. The predicted molar refractivity (Wildman–Crippen MR) is 135 cm³/mol. The lowest BCUT2D eigenvalue weighted by molar-refractivity contribution is -0.112. The number of nitrogens with one attached hydrogen (secondary N) is 1. The van der Waals surface area contributed by atoms with Gasteiger partial charge in [-0.2, -0.15) is 10.5 Å². The molecule has 170 valence electrons. The van der Waals surface area contributed by atoms with Gasteiger partial charge in [0.15, 0.2) is 0 Å². The molecular formula is C26H19Cl2N3O2S. The molecule has 0 atom stereocenters. The lowest BCUT2D eigenvalue weighted by Gasteiger charge is -2.11. The van der Waals surface area contributed by atoms with Crippen molar-refractivity contribution in [3.63, 3.8) is 0 Å². The van der Waals surface area contributed by atoms with Crippen LogP contribution in [-0.4, -0.2) is 5.91 Å². The molecule has 1 aliphatic rings. The number of anilines is 1. The Morgan fingerprint density at radius 3 is 2.71 bits per heavy atom. The summed E-state index contributed by atoms with van der Waals surface area (Å²) in [7, 11) is 0. The summed E-state index contributed by atoms with van der Waals surface area (Å²) in [4.78, 5) is 14.1. The van der Waals surface area contributed by atoms with E-state index in [9.17, 15) is 15.3 Å². The van der Waals surface area contributed by atoms with Gasteiger partial charge in [0.25, 0.3) is 5.91 Å². The summed E-state index contributed by atoms with van der Waals surface area (Å²) in [5.41, 5.74) is 2.67. The summed E-state index contributed by atoms with van der Waals surface area (Å²) in [6.07, 6.45) is 5.27. The van der Waals surface area contributed by atoms with Gasteiger partial charge in [0.05, 0.1) is 5.56 Å². The van der Waals surface area contributed by atoms with Gasteiger partial charge in [0.2, 0.25) is 0 Å². The minimum absolute atomic E-state index is 0.125. The minimum Gasteiger partial charge on any atom is -0.488 e. The van der Waals surface area contributed by atoms with E-state index in [1.807, 2.05) is 24.3 Å². The Kier molecular flexibility index (Phi) is 7.55. The van der Waals surface area contributed by atoms with E-state index in [-0.39, 0.29) is 12.2 Å². The van der Waals surface area contributed by atoms with Gasteiger partial charge in [-0.25, -0.2) is 0 Å². The SMILES string of the molecule is N#C/C(=C\c1cc(Cl)ccc1OCc1ccccc1Cl)C(=O)Nc1sc2c(c1C#N)CCCC2. The fourth-order valence-corrected chi connectivity index (χ4v) is 5.39. The average Bonchev–Trinajstić information content (AvgIpc) is 3.19. The molecule has 1 amide bonds. The fraction of sp³-hybridized carbons (Fsp3) is 0.192. The molecule has 8 heteroatoms. The average molecular weight is 508 g/mol. The van der Waals surface area contributed by atoms with Crippen LogP contribution in [0.2, 0.25) is 10.0 Å². The Hall–Kier alpha value is -3.29. The number of hydrogen-bond donors (Lipinski definition) is 1. The number of amides is 1. The van der Waals surface area contributed by atoms with E-state index in [4.69, 9.17) is 27.9 Å². The minimum atomic E-state index is -0.588. The van der Waals surface area contributed by atoms with E-state index < -0.39 is 5.91 Å². The molecular weight excluding hydrogens is 489 g/mol. The van der Waals surface area contributed by atoms with Crippen LogP contribution in [0.1, 0.15) is 40.0 Å². The Morgan fingerprint density at radius 1 is 1.15 bits per heavy atom. The van der Waals surface area contributed by atoms with Crippen molar-refractivity contribution in [1.29, 1.82) is 10.5 Å². The maximum absolute atomic E-state index is 13.0. The topological polar surface area (TPSA) is 85.9 Å². The van der Waals surface area contributed by atoms with Gasteiger partial charge in [0.1, 0.15) is 35.1 Å². The van der Waals surface area contributed by atoms with Crippen LogP contribution < -0.4 is 10.1 Å². The van der Waals surface area contributed by atoms with Gasteiger partial charge in [-0.3, -0.25) is 4.79 Å². The Bertz CT molecular complexity index is 1370. The Labute approximate surface area is 211 Å². The predicted octanol–water partition coefficient (Wildman–Crippen LogP) is 6.93. The molecule has 34 heavy (non-hydrogen) atoms. The molecule has 1 aliphatic carbocycles. The van der Waals surface area contributed by atoms with Crippen molar-refractivity contribution in [1.82, 2.24) is 0 Å². The number of rotatable bonds is 6. The molecule has 1 heterocycles. The van der Waals surface area contributed by atoms with Crippen molar-refractivity contribution in [2.24, 2.45) is 0 Å². The van der Waals surface area contributed by atoms with Crippen molar-refractivity contribution in [2.45, 2.75) is 32.3 Å². The molecule has 0 saturated carbocycles. The number of carbonyl (C=O) groups excluding carboxylic acids is 1. The lowest BCUT2D eigenvalue weighted by atomic mass is 9.96. The monoisotopic (exact) mass is 507 g/mol. The maximum Gasteiger partial charge on any atom is 0.266 e. The summed E-state index contributed by atoms with van der Waals surface area (Å²) in [6.45, 7) is 0.211. The maximum atomic E-state index is 13.0. The van der Waals surface area contributed by atoms with E-state index >= 15 is 0 Å². The second kappa shape index (κ2) is 10.8. The number of nitrogens with zero attached hydrogens (tertiary/aromatic N) is 2. The first-order valence-electron chi connectivity index (χ1n) is 10.6. The molecule has 0 radical (unpaired) electrons. The Balaban J connectivity index is 1.59. The summed E-state index contributed by atoms with van der Waals surface area (Å²) in [6, 6.07) is 16.5. The molecule has 0 bridgehead atoms. The number of thiophene rings is 1. The van der Waals surface area contributed by atoms with Crippen molar-refractivity contribution < 1.29 is 9.53 Å². The van der Waals surface area contributed by atoms with Crippen LogP contribution in [0, 0.1) is 22.7 Å². The zero-order valence-corrected chi connectivity index (χ0v) is 20.4. The van der Waals surface area contributed by atoms with Gasteiger partial charge in [-0.1, -0.05) is 41.4 Å². The van der Waals surface area contributed by atoms with Gasteiger partial charge in [-0.05, 0) is 61.6 Å². The van der Waals surface area contributed by atoms with Gasteiger partial charge in [0, 0.05) is 26.0 Å². The molecule has 4 rings (SSSR count). The highest BCUT2D eigenvalue weighted by Crippen LogP contribution is 2.38. The third-order valence-corrected chi connectivity index (χ3v) is 7.30. The zero-order chi connectivity index (χ0) is 24.1. The van der Waals surface area contributed by atoms with E-state index in [1.54, 1.807) is 24.3 Å². The molecule has 1 aromatic heterocycles. The molecule has 0 saturated heterocycles. The summed E-state index contributed by atoms with van der Waals surface area (Å²) in [5.74, 6) is -0.135. The van der Waals surface area contributed by atoms with Crippen molar-refractivity contribution >= 4 is 51.5 Å². The van der Waals surface area contributed by atoms with Crippen LogP contribution in [0.15, 0.2) is 48.0 Å². The first kappa shape index (κ1) is 23.9. The molecule has 5 nitrogen and oxygen atoms in total. The van der Waals surface area contributed by atoms with Crippen LogP contribution in [0.25, 0.3) is 6.08 Å². The van der Waals surface area contributed by atoms with Crippen molar-refractivity contribution in [3.8, 4) is 17.9 Å². The molecule has 1 N–H and O–H groups in total. The van der Waals surface area contributed by atoms with Crippen LogP contribution in [-0.2, 0) is 24.2 Å². The van der Waals surface area contributed by atoms with Crippen molar-refractivity contribution in [3.05, 3.63) is 85.2 Å². The molecule has 0 spiro atoms. The third-order valence-electron chi connectivity index (χ3n) is 5.49. The van der Waals surface area contributed by atoms with Crippen LogP contribution in [0.3, 0.4) is 0 Å². The zero-order valence-electron chi connectivity index (χ0n) is 18.0. The Morgan fingerprint density at radius 2 is 1.94 bits per heavy atom. The van der Waals surface area contributed by atoms with Crippen molar-refractivity contribution in [2.75, 3.05) is 5.32 Å². The molecule has 0 unspecified atom stereocenters. The van der Waals surface area contributed by atoms with E-state index in [1.165, 1.54) is 17.4 Å². The summed E-state index contributed by atoms with van der Waals surface area (Å²) < 4.78 is 5.92. The third kappa shape index (κ3) is 5.26. The highest BCUT2D eigenvalue weighted by Gasteiger charge is 2.23. The largest absolute Gasteiger partial charge is 0.488 e. The van der Waals surface area contributed by atoms with Crippen LogP contribution in [0.4, 0.5) is 5.00 Å². The number of nitriles is 2. The van der Waals surface area contributed by atoms with E-state index in [0.717, 1.165) is 41.7 Å². The molecule has 0 aliphatic heterocycles.